The van der Waals surface area contributed by atoms with E-state index in [-0.39, 0.29) is 23.3 Å². The number of fused-ring (bicyclic) bond motifs is 3. The molecule has 5 rings (SSSR count). The molecule has 1 aliphatic carbocycles. The van der Waals surface area contributed by atoms with E-state index in [9.17, 15) is 9.59 Å². The minimum Gasteiger partial charge on any atom is -0.353 e. The predicted octanol–water partition coefficient (Wildman–Crippen LogP) is 5.25. The van der Waals surface area contributed by atoms with Gasteiger partial charge < -0.3 is 5.32 Å². The van der Waals surface area contributed by atoms with E-state index in [1.54, 1.807) is 10.8 Å². The van der Waals surface area contributed by atoms with Crippen LogP contribution in [0.25, 0.3) is 20.4 Å². The van der Waals surface area contributed by atoms with E-state index in [0.717, 1.165) is 41.5 Å². The molecule has 1 aromatic carbocycles. The van der Waals surface area contributed by atoms with Gasteiger partial charge in [-0.25, -0.2) is 9.97 Å². The van der Waals surface area contributed by atoms with Crippen LogP contribution in [0.2, 0.25) is 5.02 Å². The van der Waals surface area contributed by atoms with Gasteiger partial charge in [-0.2, -0.15) is 0 Å². The van der Waals surface area contributed by atoms with Gasteiger partial charge in [-0.3, -0.25) is 14.2 Å². The number of hydrogen-bond donors (Lipinski definition) is 1. The first-order valence-electron chi connectivity index (χ1n) is 11.0. The van der Waals surface area contributed by atoms with E-state index >= 15 is 0 Å². The van der Waals surface area contributed by atoms with E-state index < -0.39 is 0 Å². The van der Waals surface area contributed by atoms with Gasteiger partial charge in [0.1, 0.15) is 9.53 Å². The van der Waals surface area contributed by atoms with Crippen molar-refractivity contribution in [2.45, 2.75) is 49.8 Å². The summed E-state index contributed by atoms with van der Waals surface area (Å²) in [5.74, 6) is 0.200. The van der Waals surface area contributed by atoms with Crippen LogP contribution in [-0.2, 0) is 11.3 Å². The second-order valence-corrected chi connectivity index (χ2v) is 10.6. The summed E-state index contributed by atoms with van der Waals surface area (Å²) in [6.45, 7) is 0.354. The van der Waals surface area contributed by atoms with Crippen LogP contribution in [0.15, 0.2) is 52.5 Å². The number of thioether (sulfide) groups is 1. The Morgan fingerprint density at radius 3 is 2.76 bits per heavy atom. The molecule has 170 valence electrons. The summed E-state index contributed by atoms with van der Waals surface area (Å²) in [6, 6.07) is 11.4. The van der Waals surface area contributed by atoms with Crippen molar-refractivity contribution in [3.05, 3.63) is 63.5 Å². The highest BCUT2D eigenvalue weighted by Gasteiger charge is 2.20. The molecule has 9 heteroatoms. The summed E-state index contributed by atoms with van der Waals surface area (Å²) in [5, 5.41) is 5.18. The molecule has 1 aliphatic rings. The molecule has 1 fully saturated rings. The Bertz CT molecular complexity index is 1360. The number of aromatic nitrogens is 3. The molecular weight excluding hydrogens is 476 g/mol. The van der Waals surface area contributed by atoms with Crippen molar-refractivity contribution in [2.75, 3.05) is 5.75 Å². The zero-order valence-corrected chi connectivity index (χ0v) is 20.3. The summed E-state index contributed by atoms with van der Waals surface area (Å²) < 4.78 is 2.23. The van der Waals surface area contributed by atoms with Crippen LogP contribution in [0.1, 0.15) is 37.7 Å². The van der Waals surface area contributed by atoms with Gasteiger partial charge >= 0.3 is 0 Å². The maximum atomic E-state index is 13.5. The summed E-state index contributed by atoms with van der Waals surface area (Å²) >= 11 is 8.69. The summed E-state index contributed by atoms with van der Waals surface area (Å²) in [7, 11) is 0. The molecule has 3 aromatic heterocycles. The van der Waals surface area contributed by atoms with E-state index in [4.69, 9.17) is 16.6 Å². The van der Waals surface area contributed by atoms with Gasteiger partial charge in [-0.15, -0.1) is 11.3 Å². The van der Waals surface area contributed by atoms with Crippen LogP contribution in [0.5, 0.6) is 0 Å². The predicted molar refractivity (Wildman–Crippen MR) is 135 cm³/mol. The third-order valence-electron chi connectivity index (χ3n) is 5.87. The van der Waals surface area contributed by atoms with Crippen LogP contribution in [0.4, 0.5) is 0 Å². The lowest BCUT2D eigenvalue weighted by Crippen LogP contribution is -2.37. The zero-order valence-electron chi connectivity index (χ0n) is 17.9. The number of carbonyl (C=O) groups is 1. The van der Waals surface area contributed by atoms with Crippen LogP contribution in [-0.4, -0.2) is 32.2 Å². The Balaban J connectivity index is 1.48. The van der Waals surface area contributed by atoms with Crippen molar-refractivity contribution < 1.29 is 4.79 Å². The molecule has 0 bridgehead atoms. The van der Waals surface area contributed by atoms with Gasteiger partial charge in [0.2, 0.25) is 5.91 Å². The van der Waals surface area contributed by atoms with Crippen molar-refractivity contribution in [3.63, 3.8) is 0 Å². The quantitative estimate of drug-likeness (QED) is 0.290. The maximum absolute atomic E-state index is 13.5. The van der Waals surface area contributed by atoms with Gasteiger partial charge in [0.25, 0.3) is 5.56 Å². The first-order chi connectivity index (χ1) is 16.1. The van der Waals surface area contributed by atoms with E-state index in [1.807, 2.05) is 36.4 Å². The normalized spacial score (nSPS) is 14.7. The topological polar surface area (TPSA) is 76.9 Å². The Kier molecular flexibility index (Phi) is 6.66. The number of thiophene rings is 1. The number of halogens is 1. The van der Waals surface area contributed by atoms with Crippen LogP contribution >= 0.6 is 34.7 Å². The van der Waals surface area contributed by atoms with Gasteiger partial charge in [0.15, 0.2) is 5.16 Å². The molecule has 0 unspecified atom stereocenters. The molecule has 6 nitrogen and oxygen atoms in total. The number of benzene rings is 1. The largest absolute Gasteiger partial charge is 0.353 e. The molecule has 1 N–H and O–H groups in total. The second-order valence-electron chi connectivity index (χ2n) is 8.24. The third kappa shape index (κ3) is 4.93. The SMILES string of the molecule is O=C(CSc1nc2c(sc3ncccc32)c(=O)n1Cc1ccc(Cl)cc1)NC1CCCCC1. The molecule has 0 saturated heterocycles. The zero-order chi connectivity index (χ0) is 22.8. The average molecular weight is 499 g/mol. The molecule has 0 atom stereocenters. The summed E-state index contributed by atoms with van der Waals surface area (Å²) in [5.41, 5.74) is 1.47. The Morgan fingerprint density at radius 2 is 1.97 bits per heavy atom. The molecule has 4 aromatic rings. The lowest BCUT2D eigenvalue weighted by atomic mass is 9.95. The minimum absolute atomic E-state index is 0.0175. The van der Waals surface area contributed by atoms with E-state index in [2.05, 4.69) is 10.3 Å². The van der Waals surface area contributed by atoms with Gasteiger partial charge in [-0.05, 0) is 42.7 Å². The number of carbonyl (C=O) groups excluding carboxylic acids is 1. The number of pyridine rings is 1. The van der Waals surface area contributed by atoms with Crippen LogP contribution < -0.4 is 10.9 Å². The van der Waals surface area contributed by atoms with Crippen molar-refractivity contribution in [3.8, 4) is 0 Å². The molecule has 3 heterocycles. The Labute approximate surface area is 204 Å². The Hall–Kier alpha value is -2.42. The van der Waals surface area contributed by atoms with Crippen LogP contribution in [0, 0.1) is 0 Å². The standard InChI is InChI=1S/C24H23ClN4O2S2/c25-16-10-8-15(9-11-16)13-29-23(31)21-20(18-7-4-12-26-22(18)33-21)28-24(29)32-14-19(30)27-17-5-2-1-3-6-17/h4,7-12,17H,1-3,5-6,13-14H2,(H,27,30). The van der Waals surface area contributed by atoms with Gasteiger partial charge in [-0.1, -0.05) is 54.8 Å². The minimum atomic E-state index is -0.117. The van der Waals surface area contributed by atoms with Crippen molar-refractivity contribution in [1.29, 1.82) is 0 Å². The number of rotatable bonds is 6. The number of amides is 1. The highest BCUT2D eigenvalue weighted by Crippen LogP contribution is 2.30. The second kappa shape index (κ2) is 9.83. The number of nitrogens with zero attached hydrogens (tertiary/aromatic N) is 3. The molecule has 1 saturated carbocycles. The van der Waals surface area contributed by atoms with E-state index in [1.165, 1.54) is 29.5 Å². The maximum Gasteiger partial charge on any atom is 0.272 e. The lowest BCUT2D eigenvalue weighted by molar-refractivity contribution is -0.119. The molecular formula is C24H23ClN4O2S2. The molecule has 1 amide bonds. The first-order valence-corrected chi connectivity index (χ1v) is 13.2. The average Bonchev–Trinajstić information content (AvgIpc) is 3.21. The highest BCUT2D eigenvalue weighted by atomic mass is 35.5. The molecule has 33 heavy (non-hydrogen) atoms. The fourth-order valence-electron chi connectivity index (χ4n) is 4.21. The van der Waals surface area contributed by atoms with Crippen molar-refractivity contribution >= 4 is 61.0 Å². The fourth-order valence-corrected chi connectivity index (χ4v) is 6.17. The third-order valence-corrected chi connectivity index (χ3v) is 8.19. The van der Waals surface area contributed by atoms with Crippen LogP contribution in [0.3, 0.4) is 0 Å². The lowest BCUT2D eigenvalue weighted by Gasteiger charge is -2.22. The summed E-state index contributed by atoms with van der Waals surface area (Å²) in [4.78, 5) is 36.2. The summed E-state index contributed by atoms with van der Waals surface area (Å²) in [6.07, 6.45) is 7.36. The smallest absolute Gasteiger partial charge is 0.272 e. The van der Waals surface area contributed by atoms with Crippen molar-refractivity contribution in [1.82, 2.24) is 19.9 Å². The molecule has 0 radical (unpaired) electrons. The monoisotopic (exact) mass is 498 g/mol. The van der Waals surface area contributed by atoms with Gasteiger partial charge in [0, 0.05) is 22.6 Å². The molecule has 0 aliphatic heterocycles. The van der Waals surface area contributed by atoms with E-state index in [0.29, 0.717) is 26.9 Å². The fraction of sp³-hybridized carbons (Fsp3) is 0.333. The highest BCUT2D eigenvalue weighted by molar-refractivity contribution is 7.99. The number of hydrogen-bond acceptors (Lipinski definition) is 6. The molecule has 0 spiro atoms. The Morgan fingerprint density at radius 1 is 1.18 bits per heavy atom. The number of nitrogens with one attached hydrogen (secondary N) is 1. The van der Waals surface area contributed by atoms with Gasteiger partial charge in [0.05, 0.1) is 17.8 Å². The van der Waals surface area contributed by atoms with Crippen molar-refractivity contribution in [2.24, 2.45) is 0 Å². The first kappa shape index (κ1) is 22.4.